The minimum Gasteiger partial charge on any atom is -0.309 e. The Labute approximate surface area is 151 Å². The largest absolute Gasteiger partial charge is 0.309 e. The Bertz CT molecular complexity index is 707. The number of nitrogens with one attached hydrogen (secondary N) is 1. The van der Waals surface area contributed by atoms with Gasteiger partial charge in [0.05, 0.1) is 11.6 Å². The van der Waals surface area contributed by atoms with Crippen molar-refractivity contribution >= 4 is 0 Å². The fraction of sp³-hybridized carbons (Fsp3) is 0.409. The van der Waals surface area contributed by atoms with E-state index < -0.39 is 0 Å². The molecular formula is C22H27N3. The fourth-order valence-electron chi connectivity index (χ4n) is 3.38. The summed E-state index contributed by atoms with van der Waals surface area (Å²) in [5, 5.41) is 12.4. The average Bonchev–Trinajstić information content (AvgIpc) is 2.65. The average molecular weight is 333 g/mol. The molecule has 3 rings (SSSR count). The van der Waals surface area contributed by atoms with Crippen molar-refractivity contribution < 1.29 is 0 Å². The highest BCUT2D eigenvalue weighted by atomic mass is 15.1. The second kappa shape index (κ2) is 8.80. The zero-order chi connectivity index (χ0) is 17.5. The number of benzene rings is 2. The minimum atomic E-state index is 0.713. The Morgan fingerprint density at radius 1 is 1.00 bits per heavy atom. The molecule has 0 saturated carbocycles. The maximum absolute atomic E-state index is 8.86. The molecule has 3 heteroatoms. The molecule has 2 aromatic carbocycles. The lowest BCUT2D eigenvalue weighted by atomic mass is 9.98. The highest BCUT2D eigenvalue weighted by Gasteiger charge is 2.16. The van der Waals surface area contributed by atoms with Crippen molar-refractivity contribution in [2.75, 3.05) is 13.1 Å². The molecule has 1 aliphatic heterocycles. The molecule has 130 valence electrons. The number of hydrogen-bond donors (Lipinski definition) is 1. The van der Waals surface area contributed by atoms with Gasteiger partial charge in [0.2, 0.25) is 0 Å². The van der Waals surface area contributed by atoms with Gasteiger partial charge >= 0.3 is 0 Å². The SMILES string of the molecule is CC1CCN(Cc2ccccc2CNCc2ccc(C#N)cc2)CC1. The van der Waals surface area contributed by atoms with E-state index in [0.29, 0.717) is 5.56 Å². The van der Waals surface area contributed by atoms with Crippen LogP contribution < -0.4 is 5.32 Å². The van der Waals surface area contributed by atoms with Crippen molar-refractivity contribution in [2.24, 2.45) is 5.92 Å². The zero-order valence-corrected chi connectivity index (χ0v) is 15.0. The van der Waals surface area contributed by atoms with Crippen molar-refractivity contribution in [3.63, 3.8) is 0 Å². The molecule has 1 fully saturated rings. The summed E-state index contributed by atoms with van der Waals surface area (Å²) in [5.74, 6) is 0.876. The molecule has 0 atom stereocenters. The van der Waals surface area contributed by atoms with E-state index in [1.807, 2.05) is 24.3 Å². The normalized spacial score (nSPS) is 15.8. The van der Waals surface area contributed by atoms with Gasteiger partial charge in [-0.15, -0.1) is 0 Å². The van der Waals surface area contributed by atoms with Gasteiger partial charge in [0.15, 0.2) is 0 Å². The summed E-state index contributed by atoms with van der Waals surface area (Å²) < 4.78 is 0. The molecule has 2 aromatic rings. The van der Waals surface area contributed by atoms with Gasteiger partial charge in [0.25, 0.3) is 0 Å². The Hall–Kier alpha value is -2.15. The molecule has 25 heavy (non-hydrogen) atoms. The van der Waals surface area contributed by atoms with Gasteiger partial charge in [-0.3, -0.25) is 4.90 Å². The second-order valence-corrected chi connectivity index (χ2v) is 7.14. The standard InChI is InChI=1S/C22H27N3/c1-18-10-12-25(13-11-18)17-22-5-3-2-4-21(22)16-24-15-20-8-6-19(14-23)7-9-20/h2-9,18,24H,10-13,15-17H2,1H3. The molecular weight excluding hydrogens is 306 g/mol. The predicted molar refractivity (Wildman–Crippen MR) is 102 cm³/mol. The van der Waals surface area contributed by atoms with Crippen LogP contribution in [0.25, 0.3) is 0 Å². The first-order valence-corrected chi connectivity index (χ1v) is 9.23. The predicted octanol–water partition coefficient (Wildman–Crippen LogP) is 4.08. The van der Waals surface area contributed by atoms with E-state index in [0.717, 1.165) is 25.6 Å². The lowest BCUT2D eigenvalue weighted by molar-refractivity contribution is 0.185. The molecule has 0 amide bonds. The number of hydrogen-bond acceptors (Lipinski definition) is 3. The van der Waals surface area contributed by atoms with Crippen LogP contribution >= 0.6 is 0 Å². The third-order valence-corrected chi connectivity index (χ3v) is 5.12. The highest BCUT2D eigenvalue weighted by molar-refractivity contribution is 5.32. The van der Waals surface area contributed by atoms with E-state index in [1.165, 1.54) is 42.6 Å². The highest BCUT2D eigenvalue weighted by Crippen LogP contribution is 2.19. The van der Waals surface area contributed by atoms with Gasteiger partial charge in [0, 0.05) is 19.6 Å². The summed E-state index contributed by atoms with van der Waals surface area (Å²) in [4.78, 5) is 2.58. The summed E-state index contributed by atoms with van der Waals surface area (Å²) in [7, 11) is 0. The van der Waals surface area contributed by atoms with Crippen molar-refractivity contribution in [3.8, 4) is 6.07 Å². The van der Waals surface area contributed by atoms with Crippen LogP contribution in [0.15, 0.2) is 48.5 Å². The van der Waals surface area contributed by atoms with Gasteiger partial charge in [-0.1, -0.05) is 43.3 Å². The third kappa shape index (κ3) is 5.16. The van der Waals surface area contributed by atoms with E-state index in [-0.39, 0.29) is 0 Å². The summed E-state index contributed by atoms with van der Waals surface area (Å²) >= 11 is 0. The van der Waals surface area contributed by atoms with Gasteiger partial charge in [-0.2, -0.15) is 5.26 Å². The minimum absolute atomic E-state index is 0.713. The lowest BCUT2D eigenvalue weighted by Crippen LogP contribution is -2.32. The van der Waals surface area contributed by atoms with Crippen LogP contribution in [-0.4, -0.2) is 18.0 Å². The van der Waals surface area contributed by atoms with Crippen molar-refractivity contribution in [1.82, 2.24) is 10.2 Å². The topological polar surface area (TPSA) is 39.1 Å². The summed E-state index contributed by atoms with van der Waals surface area (Å²) in [6.07, 6.45) is 2.64. The van der Waals surface area contributed by atoms with Crippen LogP contribution in [0.5, 0.6) is 0 Å². The Kier molecular flexibility index (Phi) is 6.22. The van der Waals surface area contributed by atoms with Gasteiger partial charge in [0.1, 0.15) is 0 Å². The van der Waals surface area contributed by atoms with E-state index in [4.69, 9.17) is 5.26 Å². The van der Waals surface area contributed by atoms with Gasteiger partial charge in [-0.25, -0.2) is 0 Å². The Morgan fingerprint density at radius 2 is 1.68 bits per heavy atom. The fourth-order valence-corrected chi connectivity index (χ4v) is 3.38. The molecule has 1 heterocycles. The summed E-state index contributed by atoms with van der Waals surface area (Å²) in [5.41, 5.74) is 4.74. The summed E-state index contributed by atoms with van der Waals surface area (Å²) in [6, 6.07) is 18.7. The first-order chi connectivity index (χ1) is 12.2. The number of likely N-dealkylation sites (tertiary alicyclic amines) is 1. The summed E-state index contributed by atoms with van der Waals surface area (Å²) in [6.45, 7) is 7.55. The monoisotopic (exact) mass is 333 g/mol. The molecule has 3 nitrogen and oxygen atoms in total. The molecule has 1 N–H and O–H groups in total. The van der Waals surface area contributed by atoms with Crippen LogP contribution in [0.3, 0.4) is 0 Å². The van der Waals surface area contributed by atoms with Crippen molar-refractivity contribution in [3.05, 3.63) is 70.8 Å². The van der Waals surface area contributed by atoms with Crippen molar-refractivity contribution in [1.29, 1.82) is 5.26 Å². The van der Waals surface area contributed by atoms with Gasteiger partial charge < -0.3 is 5.32 Å². The second-order valence-electron chi connectivity index (χ2n) is 7.14. The first kappa shape index (κ1) is 17.7. The smallest absolute Gasteiger partial charge is 0.0991 e. The van der Waals surface area contributed by atoms with Crippen molar-refractivity contribution in [2.45, 2.75) is 39.4 Å². The molecule has 1 aliphatic rings. The first-order valence-electron chi connectivity index (χ1n) is 9.23. The molecule has 0 radical (unpaired) electrons. The van der Waals surface area contributed by atoms with Crippen LogP contribution in [0.1, 0.15) is 42.0 Å². The zero-order valence-electron chi connectivity index (χ0n) is 15.0. The molecule has 0 unspecified atom stereocenters. The van der Waals surface area contributed by atoms with Gasteiger partial charge in [-0.05, 0) is 60.7 Å². The van der Waals surface area contributed by atoms with Crippen LogP contribution in [0, 0.1) is 17.2 Å². The van der Waals surface area contributed by atoms with E-state index in [9.17, 15) is 0 Å². The molecule has 0 bridgehead atoms. The maximum atomic E-state index is 8.86. The number of nitriles is 1. The molecule has 0 aromatic heterocycles. The molecule has 0 aliphatic carbocycles. The molecule has 1 saturated heterocycles. The van der Waals surface area contributed by atoms with Crippen LogP contribution in [0.2, 0.25) is 0 Å². The Morgan fingerprint density at radius 3 is 2.36 bits per heavy atom. The van der Waals surface area contributed by atoms with Crippen LogP contribution in [-0.2, 0) is 19.6 Å². The third-order valence-electron chi connectivity index (χ3n) is 5.12. The van der Waals surface area contributed by atoms with E-state index >= 15 is 0 Å². The van der Waals surface area contributed by atoms with E-state index in [2.05, 4.69) is 47.5 Å². The number of nitrogens with zero attached hydrogens (tertiary/aromatic N) is 2. The number of piperidine rings is 1. The quantitative estimate of drug-likeness (QED) is 0.866. The maximum Gasteiger partial charge on any atom is 0.0991 e. The van der Waals surface area contributed by atoms with Crippen LogP contribution in [0.4, 0.5) is 0 Å². The lowest BCUT2D eigenvalue weighted by Gasteiger charge is -2.30. The van der Waals surface area contributed by atoms with E-state index in [1.54, 1.807) is 0 Å². The Balaban J connectivity index is 1.54. The molecule has 0 spiro atoms. The number of rotatable bonds is 6.